The maximum atomic E-state index is 11.1. The Balaban J connectivity index is 4.79. The molecule has 0 heterocycles. The number of rotatable bonds is 11. The first-order chi connectivity index (χ1) is 9.26. The molecule has 0 aromatic rings. The van der Waals surface area contributed by atoms with E-state index in [1.165, 1.54) is 4.90 Å². The molecule has 0 fully saturated rings. The van der Waals surface area contributed by atoms with Gasteiger partial charge in [0.1, 0.15) is 0 Å². The Bertz CT molecular complexity index is 382. The van der Waals surface area contributed by atoms with Crippen LogP contribution in [-0.2, 0) is 14.4 Å². The molecule has 0 bridgehead atoms. The quantitative estimate of drug-likeness (QED) is 0.323. The molecule has 0 aromatic carbocycles. The Morgan fingerprint density at radius 3 is 2.10 bits per heavy atom. The van der Waals surface area contributed by atoms with Crippen molar-refractivity contribution in [3.05, 3.63) is 0 Å². The Hall–Kier alpha value is -0.345. The Kier molecular flexibility index (Phi) is 8.68. The molecule has 118 valence electrons. The van der Waals surface area contributed by atoms with Crippen LogP contribution < -0.4 is 0 Å². The molecule has 0 aromatic heterocycles. The van der Waals surface area contributed by atoms with Crippen LogP contribution in [0.2, 0.25) is 0 Å². The van der Waals surface area contributed by atoms with Gasteiger partial charge in [0, 0.05) is 0 Å². The van der Waals surface area contributed by atoms with E-state index < -0.39 is 22.0 Å². The van der Waals surface area contributed by atoms with E-state index in [2.05, 4.69) is 0 Å². The molecule has 7 nitrogen and oxygen atoms in total. The molecule has 0 amide bonds. The summed E-state index contributed by atoms with van der Waals surface area (Å²) in [5.41, 5.74) is -0.992. The van der Waals surface area contributed by atoms with Gasteiger partial charge in [0.05, 0.1) is 0 Å². The monoisotopic (exact) mass is 309 g/mol. The molecule has 0 saturated carbocycles. The number of nitrogens with zero attached hydrogens (tertiary/aromatic N) is 1. The molecular weight excluding hydrogens is 285 g/mol. The molecule has 0 radical (unpaired) electrons. The molecule has 0 aliphatic carbocycles. The van der Waals surface area contributed by atoms with E-state index in [4.69, 9.17) is 0 Å². The number of aliphatic hydroxyl groups excluding tert-OH is 3. The Morgan fingerprint density at radius 1 is 1.20 bits per heavy atom. The van der Waals surface area contributed by atoms with Crippen molar-refractivity contribution in [2.75, 3.05) is 32.2 Å². The van der Waals surface area contributed by atoms with E-state index in [-0.39, 0.29) is 44.3 Å². The van der Waals surface area contributed by atoms with Crippen LogP contribution in [0.3, 0.4) is 0 Å². The van der Waals surface area contributed by atoms with Gasteiger partial charge in [-0.1, -0.05) is 0 Å². The van der Waals surface area contributed by atoms with Crippen LogP contribution in [0.1, 0.15) is 26.7 Å². The number of hydrogen-bond donors (Lipinski definition) is 3. The van der Waals surface area contributed by atoms with Crippen molar-refractivity contribution in [1.29, 1.82) is 0 Å². The van der Waals surface area contributed by atoms with Gasteiger partial charge in [0.2, 0.25) is 0 Å². The number of hydrogen-bond acceptors (Lipinski definition) is 7. The second-order valence-corrected chi connectivity index (χ2v) is 7.29. The standard InChI is InChI=1S/C11H24BNO6S/c1-10(2)6-11(7-14,8-15)13(9-16)4-3-5-20(18,19)12-17/h10,14-16H,3-9H2,1-2H3. The molecule has 0 saturated heterocycles. The van der Waals surface area contributed by atoms with Crippen LogP contribution in [0.5, 0.6) is 0 Å². The van der Waals surface area contributed by atoms with Gasteiger partial charge in [-0.15, -0.1) is 0 Å². The van der Waals surface area contributed by atoms with Gasteiger partial charge in [-0.25, -0.2) is 0 Å². The first kappa shape index (κ1) is 19.7. The summed E-state index contributed by atoms with van der Waals surface area (Å²) in [4.78, 5) is 1.45. The normalized spacial score (nSPS) is 12.9. The SMILES string of the molecule is CC(C)CC(CO)(CO)N(CO)CCCS(=O)(=O)B=O. The van der Waals surface area contributed by atoms with Gasteiger partial charge in [0.15, 0.2) is 0 Å². The Morgan fingerprint density at radius 2 is 1.75 bits per heavy atom. The van der Waals surface area contributed by atoms with Crippen molar-refractivity contribution in [3.63, 3.8) is 0 Å². The van der Waals surface area contributed by atoms with Crippen molar-refractivity contribution < 1.29 is 28.4 Å². The third kappa shape index (κ3) is 5.96. The molecule has 9 heteroatoms. The molecule has 3 N–H and O–H groups in total. The summed E-state index contributed by atoms with van der Waals surface area (Å²) in [6, 6.07) is 0. The van der Waals surface area contributed by atoms with Gasteiger partial charge < -0.3 is 0 Å². The first-order valence-corrected chi connectivity index (χ1v) is 8.24. The van der Waals surface area contributed by atoms with Crippen molar-refractivity contribution in [2.45, 2.75) is 32.2 Å². The van der Waals surface area contributed by atoms with E-state index in [0.29, 0.717) is 6.42 Å². The van der Waals surface area contributed by atoms with Crippen LogP contribution >= 0.6 is 0 Å². The van der Waals surface area contributed by atoms with Crippen molar-refractivity contribution in [1.82, 2.24) is 4.90 Å². The fourth-order valence-electron chi connectivity index (χ4n) is 2.23. The average Bonchev–Trinajstić information content (AvgIpc) is 2.41. The molecule has 0 unspecified atom stereocenters. The first-order valence-electron chi connectivity index (χ1n) is 6.52. The predicted octanol–water partition coefficient (Wildman–Crippen LogP) is -1.22. The third-order valence-electron chi connectivity index (χ3n) is 3.22. The van der Waals surface area contributed by atoms with E-state index in [0.717, 1.165) is 0 Å². The Labute approximate surface area is 120 Å². The van der Waals surface area contributed by atoms with Gasteiger partial charge in [-0.05, 0) is 0 Å². The van der Waals surface area contributed by atoms with E-state index in [1.54, 1.807) is 0 Å². The molecule has 0 atom stereocenters. The average molecular weight is 309 g/mol. The minimum absolute atomic E-state index is 0.0876. The summed E-state index contributed by atoms with van der Waals surface area (Å²) in [5.74, 6) is -0.135. The van der Waals surface area contributed by atoms with Crippen LogP contribution in [0.15, 0.2) is 0 Å². The minimum atomic E-state index is -3.72. The zero-order valence-corrected chi connectivity index (χ0v) is 12.8. The van der Waals surface area contributed by atoms with Crippen molar-refractivity contribution in [2.24, 2.45) is 5.92 Å². The molecule has 0 aliphatic rings. The van der Waals surface area contributed by atoms with Gasteiger partial charge >= 0.3 is 120 Å². The molecular formula is C11H24BNO6S. The topological polar surface area (TPSA) is 115 Å². The van der Waals surface area contributed by atoms with Crippen molar-refractivity contribution in [3.8, 4) is 0 Å². The third-order valence-corrected chi connectivity index (χ3v) is 4.37. The predicted molar refractivity (Wildman–Crippen MR) is 75.0 cm³/mol. The van der Waals surface area contributed by atoms with E-state index >= 15 is 0 Å². The zero-order valence-electron chi connectivity index (χ0n) is 12.0. The van der Waals surface area contributed by atoms with Crippen LogP contribution in [0.25, 0.3) is 0 Å². The maximum absolute atomic E-state index is 11.1. The van der Waals surface area contributed by atoms with E-state index in [9.17, 15) is 28.4 Å². The van der Waals surface area contributed by atoms with Crippen molar-refractivity contribution >= 4 is 16.1 Å². The molecule has 0 rings (SSSR count). The zero-order chi connectivity index (χ0) is 15.8. The summed E-state index contributed by atoms with van der Waals surface area (Å²) in [6.07, 6.45) is 0.512. The van der Waals surface area contributed by atoms with Crippen LogP contribution in [0, 0.1) is 5.92 Å². The van der Waals surface area contributed by atoms with Crippen LogP contribution in [0.4, 0.5) is 0 Å². The second-order valence-electron chi connectivity index (χ2n) is 5.36. The summed E-state index contributed by atoms with van der Waals surface area (Å²) < 4.78 is 32.5. The summed E-state index contributed by atoms with van der Waals surface area (Å²) in [7, 11) is -3.72. The fraction of sp³-hybridized carbons (Fsp3) is 1.00. The molecule has 0 spiro atoms. The van der Waals surface area contributed by atoms with Gasteiger partial charge in [-0.2, -0.15) is 0 Å². The summed E-state index contributed by atoms with van der Waals surface area (Å²) >= 11 is 0. The molecule has 0 aliphatic heterocycles. The molecule has 20 heavy (non-hydrogen) atoms. The second kappa shape index (κ2) is 8.83. The summed E-state index contributed by atoms with van der Waals surface area (Å²) in [5, 5.41) is 28.5. The fourth-order valence-corrected chi connectivity index (χ4v) is 2.86. The van der Waals surface area contributed by atoms with E-state index in [1.807, 2.05) is 13.8 Å². The van der Waals surface area contributed by atoms with Gasteiger partial charge in [0.25, 0.3) is 0 Å². The number of aliphatic hydroxyl groups is 3. The van der Waals surface area contributed by atoms with Gasteiger partial charge in [-0.3, -0.25) is 0 Å². The summed E-state index contributed by atoms with van der Waals surface area (Å²) in [6.45, 7) is 2.91. The van der Waals surface area contributed by atoms with Crippen LogP contribution in [-0.4, -0.2) is 72.8 Å².